The van der Waals surface area contributed by atoms with Crippen molar-refractivity contribution in [2.75, 3.05) is 0 Å². The highest BCUT2D eigenvalue weighted by atomic mass is 15.0. The summed E-state index contributed by atoms with van der Waals surface area (Å²) in [5.41, 5.74) is 11.6. The van der Waals surface area contributed by atoms with Crippen LogP contribution in [0.3, 0.4) is 0 Å². The minimum Gasteiger partial charge on any atom is -0.310 e. The molecule has 8 aromatic carbocycles. The van der Waals surface area contributed by atoms with E-state index in [1.165, 1.54) is 43.8 Å². The van der Waals surface area contributed by atoms with Gasteiger partial charge in [0, 0.05) is 33.2 Å². The Morgan fingerprint density at radius 1 is 0.283 bits per heavy atom. The van der Waals surface area contributed by atoms with Crippen LogP contribution in [0.1, 0.15) is 0 Å². The highest BCUT2D eigenvalue weighted by Crippen LogP contribution is 2.36. The van der Waals surface area contributed by atoms with Crippen LogP contribution in [0.25, 0.3) is 77.2 Å². The summed E-state index contributed by atoms with van der Waals surface area (Å²) in [5, 5.41) is 4.80. The molecule has 0 radical (unpaired) electrons. The summed E-state index contributed by atoms with van der Waals surface area (Å²) < 4.78 is 4.84. The number of nitrogens with zero attached hydrogens (tertiary/aromatic N) is 2. The summed E-state index contributed by atoms with van der Waals surface area (Å²) >= 11 is 0. The lowest BCUT2D eigenvalue weighted by Crippen LogP contribution is -2.02. The summed E-state index contributed by atoms with van der Waals surface area (Å²) in [7, 11) is 0. The summed E-state index contributed by atoms with van der Waals surface area (Å²) in [4.78, 5) is 0. The second-order valence-corrected chi connectivity index (χ2v) is 11.9. The average Bonchev–Trinajstić information content (AvgIpc) is 3.13. The van der Waals surface area contributed by atoms with E-state index in [4.69, 9.17) is 0 Å². The fourth-order valence-corrected chi connectivity index (χ4v) is 6.90. The van der Waals surface area contributed by atoms with E-state index in [9.17, 15) is 0 Å². The van der Waals surface area contributed by atoms with E-state index in [1.54, 1.807) is 0 Å². The van der Waals surface area contributed by atoms with Gasteiger partial charge in [-0.3, -0.25) is 0 Å². The van der Waals surface area contributed by atoms with Gasteiger partial charge in [0.2, 0.25) is 0 Å². The minimum atomic E-state index is 1.12. The maximum atomic E-state index is 2.42. The Morgan fingerprint density at radius 2 is 0.652 bits per heavy atom. The number of hydrogen-bond acceptors (Lipinski definition) is 0. The smallest absolute Gasteiger partial charge is 0.0546 e. The second-order valence-electron chi connectivity index (χ2n) is 11.9. The molecule has 1 aromatic heterocycles. The molecular formula is C44H30N2. The Morgan fingerprint density at radius 3 is 1.04 bits per heavy atom. The van der Waals surface area contributed by atoms with Crippen molar-refractivity contribution >= 4 is 43.6 Å². The van der Waals surface area contributed by atoms with E-state index in [-0.39, 0.29) is 0 Å². The van der Waals surface area contributed by atoms with E-state index < -0.39 is 0 Å². The lowest BCUT2D eigenvalue weighted by atomic mass is 9.98. The standard InChI is InChI=1S/C44H30N2/c1-5-13-31(14-6-1)35-25-33-21-23-40-29-41(33)43(27-35)45(37-17-9-3-10-18-37)39-24-22-34-26-36(32-15-7-2-8-16-32)28-44(42(34)30-39)46(40)38-19-11-4-12-20-38/h1-30H. The fourth-order valence-electron chi connectivity index (χ4n) is 6.90. The quantitative estimate of drug-likeness (QED) is 0.194. The minimum absolute atomic E-state index is 1.12. The molecule has 0 aliphatic heterocycles. The van der Waals surface area contributed by atoms with Crippen LogP contribution in [-0.4, -0.2) is 9.13 Å². The van der Waals surface area contributed by atoms with Crippen LogP contribution >= 0.6 is 0 Å². The lowest BCUT2D eigenvalue weighted by molar-refractivity contribution is 1.15. The van der Waals surface area contributed by atoms with Crippen molar-refractivity contribution in [1.82, 2.24) is 9.13 Å². The number of rotatable bonds is 4. The predicted molar refractivity (Wildman–Crippen MR) is 195 cm³/mol. The first-order valence-corrected chi connectivity index (χ1v) is 15.8. The molecule has 0 unspecified atom stereocenters. The third-order valence-corrected chi connectivity index (χ3v) is 9.07. The van der Waals surface area contributed by atoms with Crippen molar-refractivity contribution in [2.45, 2.75) is 0 Å². The van der Waals surface area contributed by atoms with Crippen LogP contribution in [0.5, 0.6) is 0 Å². The molecule has 216 valence electrons. The molecule has 9 aromatic rings. The first-order chi connectivity index (χ1) is 22.8. The molecular weight excluding hydrogens is 556 g/mol. The SMILES string of the molecule is c1ccc(-c2cc3ccc4cc3c(c2)n(-c2ccccc2)c2ccc3cc(-c5ccccc5)cc(c3c2)n4-c2ccccc2)cc1. The molecule has 0 fully saturated rings. The molecule has 0 spiro atoms. The van der Waals surface area contributed by atoms with Crippen LogP contribution in [0.15, 0.2) is 182 Å². The molecule has 9 rings (SSSR count). The third-order valence-electron chi connectivity index (χ3n) is 9.07. The second kappa shape index (κ2) is 10.8. The topological polar surface area (TPSA) is 9.86 Å². The summed E-state index contributed by atoms with van der Waals surface area (Å²) in [6, 6.07) is 66.1. The van der Waals surface area contributed by atoms with Gasteiger partial charge in [0.05, 0.1) is 11.0 Å². The third kappa shape index (κ3) is 4.43. The van der Waals surface area contributed by atoms with Crippen molar-refractivity contribution < 1.29 is 0 Å². The summed E-state index contributed by atoms with van der Waals surface area (Å²) in [5.74, 6) is 0. The fraction of sp³-hybridized carbons (Fsp3) is 0. The van der Waals surface area contributed by atoms with E-state index in [1.807, 2.05) is 0 Å². The highest BCUT2D eigenvalue weighted by Gasteiger charge is 2.14. The van der Waals surface area contributed by atoms with Gasteiger partial charge in [-0.15, -0.1) is 0 Å². The summed E-state index contributed by atoms with van der Waals surface area (Å²) in [6.45, 7) is 0. The largest absolute Gasteiger partial charge is 0.310 e. The number of para-hydroxylation sites is 2. The molecule has 2 heteroatoms. The zero-order valence-corrected chi connectivity index (χ0v) is 25.2. The molecule has 0 N–H and O–H groups in total. The Labute approximate surface area is 267 Å². The van der Waals surface area contributed by atoms with Crippen molar-refractivity contribution in [3.63, 3.8) is 0 Å². The van der Waals surface area contributed by atoms with Gasteiger partial charge >= 0.3 is 0 Å². The normalized spacial score (nSPS) is 11.5. The van der Waals surface area contributed by atoms with Gasteiger partial charge in [0.25, 0.3) is 0 Å². The Hall–Kier alpha value is -6.12. The van der Waals surface area contributed by atoms with E-state index >= 15 is 0 Å². The Bertz CT molecular complexity index is 2360. The molecule has 4 bridgehead atoms. The van der Waals surface area contributed by atoms with Gasteiger partial charge in [0.1, 0.15) is 0 Å². The highest BCUT2D eigenvalue weighted by molar-refractivity contribution is 6.07. The zero-order valence-electron chi connectivity index (χ0n) is 25.2. The lowest BCUT2D eigenvalue weighted by Gasteiger charge is -2.19. The Kier molecular flexibility index (Phi) is 6.17. The van der Waals surface area contributed by atoms with Crippen LogP contribution in [0, 0.1) is 0 Å². The zero-order chi connectivity index (χ0) is 30.5. The number of hydrogen-bond donors (Lipinski definition) is 0. The van der Waals surface area contributed by atoms with Crippen LogP contribution < -0.4 is 0 Å². The van der Waals surface area contributed by atoms with E-state index in [0.29, 0.717) is 0 Å². The van der Waals surface area contributed by atoms with Gasteiger partial charge in [0.15, 0.2) is 0 Å². The van der Waals surface area contributed by atoms with Crippen molar-refractivity contribution in [3.05, 3.63) is 182 Å². The van der Waals surface area contributed by atoms with Crippen LogP contribution in [-0.2, 0) is 0 Å². The number of fused-ring (bicyclic) bond motifs is 2. The van der Waals surface area contributed by atoms with Crippen molar-refractivity contribution in [2.24, 2.45) is 0 Å². The maximum Gasteiger partial charge on any atom is 0.0546 e. The van der Waals surface area contributed by atoms with Gasteiger partial charge in [-0.2, -0.15) is 0 Å². The first kappa shape index (κ1) is 26.3. The van der Waals surface area contributed by atoms with Crippen LogP contribution in [0.4, 0.5) is 0 Å². The molecule has 0 saturated carbocycles. The molecule has 0 aliphatic carbocycles. The maximum absolute atomic E-state index is 2.42. The van der Waals surface area contributed by atoms with Crippen LogP contribution in [0.2, 0.25) is 0 Å². The molecule has 0 aliphatic rings. The molecule has 0 amide bonds. The van der Waals surface area contributed by atoms with Gasteiger partial charge in [-0.05, 0) is 106 Å². The molecule has 1 heterocycles. The Balaban J connectivity index is 1.53. The van der Waals surface area contributed by atoms with Gasteiger partial charge in [-0.25, -0.2) is 0 Å². The number of benzene rings is 8. The van der Waals surface area contributed by atoms with Gasteiger partial charge < -0.3 is 9.13 Å². The van der Waals surface area contributed by atoms with Gasteiger partial charge in [-0.1, -0.05) is 109 Å². The van der Waals surface area contributed by atoms with Crippen molar-refractivity contribution in [3.8, 4) is 33.6 Å². The molecule has 2 nitrogen and oxygen atoms in total. The van der Waals surface area contributed by atoms with Crippen molar-refractivity contribution in [1.29, 1.82) is 0 Å². The first-order valence-electron chi connectivity index (χ1n) is 15.8. The molecule has 46 heavy (non-hydrogen) atoms. The van der Waals surface area contributed by atoms with E-state index in [0.717, 1.165) is 33.4 Å². The monoisotopic (exact) mass is 586 g/mol. The van der Waals surface area contributed by atoms with E-state index in [2.05, 4.69) is 191 Å². The number of aromatic nitrogens is 2. The molecule has 0 saturated heterocycles. The average molecular weight is 587 g/mol. The molecule has 0 atom stereocenters. The summed E-state index contributed by atoms with van der Waals surface area (Å²) in [6.07, 6.45) is 0. The predicted octanol–water partition coefficient (Wildman–Crippen LogP) is 11.8.